The second-order valence-electron chi connectivity index (χ2n) is 10.9. The van der Waals surface area contributed by atoms with Gasteiger partial charge in [-0.15, -0.1) is 0 Å². The van der Waals surface area contributed by atoms with Gasteiger partial charge in [0.1, 0.15) is 22.9 Å². The minimum Gasteiger partial charge on any atom is -0.423 e. The van der Waals surface area contributed by atoms with Gasteiger partial charge >= 0.3 is 5.97 Å². The highest BCUT2D eigenvalue weighted by molar-refractivity contribution is 6.33. The van der Waals surface area contributed by atoms with Crippen molar-refractivity contribution in [3.8, 4) is 17.0 Å². The molecule has 0 fully saturated rings. The van der Waals surface area contributed by atoms with Crippen LogP contribution in [0.15, 0.2) is 66.9 Å². The number of fused-ring (bicyclic) bond motifs is 1. The van der Waals surface area contributed by atoms with Crippen LogP contribution in [0.25, 0.3) is 16.9 Å². The summed E-state index contributed by atoms with van der Waals surface area (Å²) in [7, 11) is 0. The van der Waals surface area contributed by atoms with E-state index in [2.05, 4.69) is 69.6 Å². The van der Waals surface area contributed by atoms with E-state index in [4.69, 9.17) is 21.3 Å². The molecule has 0 spiro atoms. The van der Waals surface area contributed by atoms with E-state index in [0.29, 0.717) is 16.3 Å². The summed E-state index contributed by atoms with van der Waals surface area (Å²) in [5.41, 5.74) is 4.15. The molecule has 0 saturated carbocycles. The molecule has 6 heteroatoms. The van der Waals surface area contributed by atoms with E-state index < -0.39 is 5.97 Å². The second-order valence-corrected chi connectivity index (χ2v) is 11.3. The van der Waals surface area contributed by atoms with E-state index in [1.165, 1.54) is 0 Å². The van der Waals surface area contributed by atoms with Crippen LogP contribution in [-0.2, 0) is 0 Å². The van der Waals surface area contributed by atoms with Gasteiger partial charge in [0.15, 0.2) is 0 Å². The predicted molar refractivity (Wildman–Crippen MR) is 144 cm³/mol. The molecule has 182 valence electrons. The molecule has 2 aromatic heterocycles. The van der Waals surface area contributed by atoms with Crippen LogP contribution in [0.1, 0.15) is 57.0 Å². The van der Waals surface area contributed by atoms with E-state index in [1.54, 1.807) is 36.4 Å². The molecular formula is C29H32ClN3O2. The molecule has 0 saturated heterocycles. The summed E-state index contributed by atoms with van der Waals surface area (Å²) < 4.78 is 7.64. The molecule has 0 aliphatic heterocycles. The molecule has 4 rings (SSSR count). The number of esters is 1. The molecule has 0 bridgehead atoms. The fourth-order valence-electron chi connectivity index (χ4n) is 4.63. The van der Waals surface area contributed by atoms with Gasteiger partial charge in [0.25, 0.3) is 0 Å². The molecule has 0 amide bonds. The standard InChI is InChI=1S/C29H32ClN3O2/c1-19-15-16-33-24(17-19)31-25(26(33)32-29(5,6)18-28(2,3)4)20-11-13-21(14-12-20)35-27(34)22-9-7-8-10-23(22)30/h7-17,32H,18H2,1-6H3. The first-order chi connectivity index (χ1) is 16.4. The molecule has 4 aromatic rings. The molecule has 35 heavy (non-hydrogen) atoms. The first-order valence-corrected chi connectivity index (χ1v) is 12.1. The number of hydrogen-bond acceptors (Lipinski definition) is 4. The summed E-state index contributed by atoms with van der Waals surface area (Å²) in [5, 5.41) is 4.12. The third-order valence-electron chi connectivity index (χ3n) is 5.64. The highest BCUT2D eigenvalue weighted by Crippen LogP contribution is 2.35. The number of halogens is 1. The summed E-state index contributed by atoms with van der Waals surface area (Å²) in [4.78, 5) is 17.5. The third-order valence-corrected chi connectivity index (χ3v) is 5.97. The molecule has 0 radical (unpaired) electrons. The Morgan fingerprint density at radius 2 is 1.71 bits per heavy atom. The third kappa shape index (κ3) is 5.85. The zero-order valence-electron chi connectivity index (χ0n) is 21.1. The van der Waals surface area contributed by atoms with Gasteiger partial charge in [-0.3, -0.25) is 4.40 Å². The van der Waals surface area contributed by atoms with Crippen LogP contribution in [-0.4, -0.2) is 20.9 Å². The number of rotatable bonds is 6. The number of nitrogens with zero attached hydrogens (tertiary/aromatic N) is 2. The van der Waals surface area contributed by atoms with Gasteiger partial charge in [-0.05, 0) is 86.7 Å². The van der Waals surface area contributed by atoms with E-state index in [0.717, 1.165) is 34.7 Å². The van der Waals surface area contributed by atoms with Crippen molar-refractivity contribution in [2.24, 2.45) is 5.41 Å². The SMILES string of the molecule is Cc1ccn2c(NC(C)(C)CC(C)(C)C)c(-c3ccc(OC(=O)c4ccccc4Cl)cc3)nc2c1. The number of ether oxygens (including phenoxy) is 1. The fraction of sp³-hybridized carbons (Fsp3) is 0.310. The number of carbonyl (C=O) groups excluding carboxylic acids is 1. The maximum atomic E-state index is 12.5. The van der Waals surface area contributed by atoms with Crippen molar-refractivity contribution >= 4 is 29.0 Å². The number of aromatic nitrogens is 2. The lowest BCUT2D eigenvalue weighted by atomic mass is 9.82. The number of benzene rings is 2. The van der Waals surface area contributed by atoms with Crippen LogP contribution >= 0.6 is 11.6 Å². The smallest absolute Gasteiger partial charge is 0.345 e. The number of nitrogens with one attached hydrogen (secondary N) is 1. The summed E-state index contributed by atoms with van der Waals surface area (Å²) in [6, 6.07) is 18.4. The maximum absolute atomic E-state index is 12.5. The Morgan fingerprint density at radius 1 is 1.03 bits per heavy atom. The van der Waals surface area contributed by atoms with E-state index in [-0.39, 0.29) is 11.0 Å². The molecule has 1 N–H and O–H groups in total. The number of aryl methyl sites for hydroxylation is 1. The second kappa shape index (κ2) is 9.38. The molecule has 5 nitrogen and oxygen atoms in total. The summed E-state index contributed by atoms with van der Waals surface area (Å²) >= 11 is 6.13. The molecule has 0 aliphatic rings. The first kappa shape index (κ1) is 24.8. The van der Waals surface area contributed by atoms with Crippen molar-refractivity contribution in [3.05, 3.63) is 83.0 Å². The topological polar surface area (TPSA) is 55.6 Å². The van der Waals surface area contributed by atoms with Crippen LogP contribution in [0.4, 0.5) is 5.82 Å². The van der Waals surface area contributed by atoms with Gasteiger partial charge in [0, 0.05) is 17.3 Å². The highest BCUT2D eigenvalue weighted by Gasteiger charge is 2.28. The Hall–Kier alpha value is -3.31. The molecule has 2 heterocycles. The largest absolute Gasteiger partial charge is 0.423 e. The van der Waals surface area contributed by atoms with E-state index >= 15 is 0 Å². The summed E-state index contributed by atoms with van der Waals surface area (Å²) in [6.45, 7) is 13.2. The van der Waals surface area contributed by atoms with Crippen molar-refractivity contribution in [2.45, 2.75) is 53.5 Å². The summed E-state index contributed by atoms with van der Waals surface area (Å²) in [5.74, 6) is 0.897. The Bertz CT molecular complexity index is 1370. The Morgan fingerprint density at radius 3 is 2.37 bits per heavy atom. The number of carbonyl (C=O) groups is 1. The number of imidazole rings is 1. The van der Waals surface area contributed by atoms with Crippen molar-refractivity contribution in [2.75, 3.05) is 5.32 Å². The van der Waals surface area contributed by atoms with Crippen molar-refractivity contribution in [1.82, 2.24) is 9.38 Å². The van der Waals surface area contributed by atoms with Gasteiger partial charge in [-0.1, -0.05) is 44.5 Å². The molecule has 0 aliphatic carbocycles. The van der Waals surface area contributed by atoms with Crippen LogP contribution in [0.5, 0.6) is 5.75 Å². The van der Waals surface area contributed by atoms with Crippen LogP contribution < -0.4 is 10.1 Å². The predicted octanol–water partition coefficient (Wildman–Crippen LogP) is 7.81. The number of pyridine rings is 1. The van der Waals surface area contributed by atoms with Crippen LogP contribution in [0.2, 0.25) is 5.02 Å². The van der Waals surface area contributed by atoms with E-state index in [9.17, 15) is 4.79 Å². The Labute approximate surface area is 212 Å². The Kier molecular flexibility index (Phi) is 6.65. The monoisotopic (exact) mass is 489 g/mol. The first-order valence-electron chi connectivity index (χ1n) is 11.8. The van der Waals surface area contributed by atoms with Crippen molar-refractivity contribution < 1.29 is 9.53 Å². The van der Waals surface area contributed by atoms with Crippen LogP contribution in [0, 0.1) is 12.3 Å². The Balaban J connectivity index is 1.67. The van der Waals surface area contributed by atoms with Crippen molar-refractivity contribution in [1.29, 1.82) is 0 Å². The summed E-state index contributed by atoms with van der Waals surface area (Å²) in [6.07, 6.45) is 3.03. The average molecular weight is 490 g/mol. The molecule has 0 unspecified atom stereocenters. The van der Waals surface area contributed by atoms with Gasteiger partial charge in [-0.25, -0.2) is 9.78 Å². The zero-order chi connectivity index (χ0) is 25.4. The van der Waals surface area contributed by atoms with Crippen LogP contribution in [0.3, 0.4) is 0 Å². The minimum absolute atomic E-state index is 0.154. The average Bonchev–Trinajstić information content (AvgIpc) is 3.09. The molecular weight excluding hydrogens is 458 g/mol. The fourth-order valence-corrected chi connectivity index (χ4v) is 4.84. The van der Waals surface area contributed by atoms with E-state index in [1.807, 2.05) is 12.1 Å². The van der Waals surface area contributed by atoms with Gasteiger partial charge in [-0.2, -0.15) is 0 Å². The van der Waals surface area contributed by atoms with Crippen molar-refractivity contribution in [3.63, 3.8) is 0 Å². The lowest BCUT2D eigenvalue weighted by Crippen LogP contribution is -2.36. The maximum Gasteiger partial charge on any atom is 0.345 e. The number of anilines is 1. The quantitative estimate of drug-likeness (QED) is 0.221. The minimum atomic E-state index is -0.488. The highest BCUT2D eigenvalue weighted by atomic mass is 35.5. The molecule has 0 atom stereocenters. The molecule has 2 aromatic carbocycles. The number of hydrogen-bond donors (Lipinski definition) is 1. The van der Waals surface area contributed by atoms with Gasteiger partial charge in [0.2, 0.25) is 0 Å². The lowest BCUT2D eigenvalue weighted by Gasteiger charge is -2.34. The normalized spacial score (nSPS) is 12.1. The lowest BCUT2D eigenvalue weighted by molar-refractivity contribution is 0.0735. The van der Waals surface area contributed by atoms with Gasteiger partial charge in [0.05, 0.1) is 10.6 Å². The van der Waals surface area contributed by atoms with Gasteiger partial charge < -0.3 is 10.1 Å². The zero-order valence-corrected chi connectivity index (χ0v) is 21.9.